The number of hydrogen-bond donors (Lipinski definition) is 1. The van der Waals surface area contributed by atoms with Gasteiger partial charge in [0.05, 0.1) is 22.6 Å². The Hall–Kier alpha value is -3.32. The summed E-state index contributed by atoms with van der Waals surface area (Å²) in [7, 11) is 0. The summed E-state index contributed by atoms with van der Waals surface area (Å²) < 4.78 is 41.4. The normalized spacial score (nSPS) is 11.6. The molecule has 4 rings (SSSR count). The van der Waals surface area contributed by atoms with E-state index in [9.17, 15) is 18.0 Å². The van der Waals surface area contributed by atoms with Crippen LogP contribution in [0.3, 0.4) is 0 Å². The van der Waals surface area contributed by atoms with Crippen molar-refractivity contribution in [1.82, 2.24) is 9.38 Å². The van der Waals surface area contributed by atoms with Crippen LogP contribution in [0.25, 0.3) is 16.9 Å². The average Bonchev–Trinajstić information content (AvgIpc) is 3.11. The van der Waals surface area contributed by atoms with Gasteiger partial charge in [-0.1, -0.05) is 41.9 Å². The Bertz CT molecular complexity index is 1230. The van der Waals surface area contributed by atoms with Gasteiger partial charge in [0.2, 0.25) is 5.91 Å². The van der Waals surface area contributed by atoms with Gasteiger partial charge in [0.1, 0.15) is 5.65 Å². The molecule has 1 amide bonds. The lowest BCUT2D eigenvalue weighted by atomic mass is 10.1. The summed E-state index contributed by atoms with van der Waals surface area (Å²) in [4.78, 5) is 17.2. The zero-order valence-electron chi connectivity index (χ0n) is 16.2. The van der Waals surface area contributed by atoms with Crippen LogP contribution in [-0.2, 0) is 17.4 Å². The Labute approximate surface area is 181 Å². The van der Waals surface area contributed by atoms with Crippen molar-refractivity contribution in [2.24, 2.45) is 0 Å². The summed E-state index contributed by atoms with van der Waals surface area (Å²) in [5.74, 6) is -0.510. The number of aryl methyl sites for hydroxylation is 1. The summed E-state index contributed by atoms with van der Waals surface area (Å²) in [5.41, 5.74) is 1.91. The molecule has 31 heavy (non-hydrogen) atoms. The number of anilines is 1. The fourth-order valence-electron chi connectivity index (χ4n) is 3.41. The predicted molar refractivity (Wildman–Crippen MR) is 114 cm³/mol. The molecule has 0 radical (unpaired) electrons. The second-order valence-corrected chi connectivity index (χ2v) is 7.37. The third kappa shape index (κ3) is 4.56. The predicted octanol–water partition coefficient (Wildman–Crippen LogP) is 6.24. The van der Waals surface area contributed by atoms with Crippen LogP contribution in [-0.4, -0.2) is 15.3 Å². The van der Waals surface area contributed by atoms with Crippen LogP contribution in [0.4, 0.5) is 18.9 Å². The van der Waals surface area contributed by atoms with Crippen molar-refractivity contribution in [2.45, 2.75) is 19.0 Å². The Morgan fingerprint density at radius 1 is 1.00 bits per heavy atom. The smallest absolute Gasteiger partial charge is 0.325 e. The topological polar surface area (TPSA) is 46.4 Å². The molecule has 0 unspecified atom stereocenters. The zero-order chi connectivity index (χ0) is 22.0. The second kappa shape index (κ2) is 8.43. The number of nitrogens with one attached hydrogen (secondary N) is 1. The van der Waals surface area contributed by atoms with Crippen molar-refractivity contribution in [3.63, 3.8) is 0 Å². The molecule has 0 saturated carbocycles. The Kier molecular flexibility index (Phi) is 5.69. The fraction of sp³-hybridized carbons (Fsp3) is 0.130. The molecule has 0 aliphatic rings. The van der Waals surface area contributed by atoms with Gasteiger partial charge in [0.15, 0.2) is 0 Å². The molecule has 2 heterocycles. The molecule has 0 saturated heterocycles. The summed E-state index contributed by atoms with van der Waals surface area (Å²) in [6.45, 7) is 0. The van der Waals surface area contributed by atoms with E-state index in [4.69, 9.17) is 11.6 Å². The van der Waals surface area contributed by atoms with Gasteiger partial charge in [-0.15, -0.1) is 0 Å². The van der Waals surface area contributed by atoms with Crippen molar-refractivity contribution in [1.29, 1.82) is 0 Å². The van der Waals surface area contributed by atoms with Gasteiger partial charge >= 0.3 is 6.18 Å². The molecule has 0 bridgehead atoms. The molecule has 0 spiro atoms. The van der Waals surface area contributed by atoms with Gasteiger partial charge in [0.25, 0.3) is 0 Å². The lowest BCUT2D eigenvalue weighted by molar-refractivity contribution is -0.137. The molecule has 0 aliphatic heterocycles. The monoisotopic (exact) mass is 443 g/mol. The van der Waals surface area contributed by atoms with Crippen molar-refractivity contribution in [3.8, 4) is 11.3 Å². The van der Waals surface area contributed by atoms with Crippen molar-refractivity contribution in [3.05, 3.63) is 89.2 Å². The highest BCUT2D eigenvalue weighted by molar-refractivity contribution is 6.30. The maximum absolute atomic E-state index is 13.2. The van der Waals surface area contributed by atoms with Gasteiger partial charge in [-0.25, -0.2) is 4.98 Å². The van der Waals surface area contributed by atoms with E-state index in [1.54, 1.807) is 12.1 Å². The maximum atomic E-state index is 13.2. The number of rotatable bonds is 5. The molecule has 4 aromatic rings. The number of carbonyl (C=O) groups excluding carboxylic acids is 1. The number of nitrogens with zero attached hydrogens (tertiary/aromatic N) is 2. The minimum Gasteiger partial charge on any atom is -0.325 e. The van der Waals surface area contributed by atoms with Gasteiger partial charge in [-0.2, -0.15) is 13.2 Å². The Balaban J connectivity index is 1.59. The lowest BCUT2D eigenvalue weighted by Gasteiger charge is -2.13. The Morgan fingerprint density at radius 3 is 2.45 bits per heavy atom. The number of carbonyl (C=O) groups is 1. The number of halogens is 4. The molecule has 4 nitrogen and oxygen atoms in total. The highest BCUT2D eigenvalue weighted by Crippen LogP contribution is 2.34. The second-order valence-electron chi connectivity index (χ2n) is 6.93. The quantitative estimate of drug-likeness (QED) is 0.396. The maximum Gasteiger partial charge on any atom is 0.418 e. The van der Waals surface area contributed by atoms with Crippen LogP contribution in [0.15, 0.2) is 72.9 Å². The minimum atomic E-state index is -4.55. The van der Waals surface area contributed by atoms with Gasteiger partial charge in [-0.3, -0.25) is 4.79 Å². The third-order valence-electron chi connectivity index (χ3n) is 4.84. The number of alkyl halides is 3. The first kappa shape index (κ1) is 20.9. The van der Waals surface area contributed by atoms with Gasteiger partial charge < -0.3 is 9.72 Å². The number of fused-ring (bicyclic) bond motifs is 1. The van der Waals surface area contributed by atoms with Crippen LogP contribution in [0.2, 0.25) is 5.02 Å². The van der Waals surface area contributed by atoms with Crippen LogP contribution in [0.5, 0.6) is 0 Å². The van der Waals surface area contributed by atoms with E-state index < -0.39 is 17.6 Å². The average molecular weight is 444 g/mol. The van der Waals surface area contributed by atoms with Gasteiger partial charge in [0, 0.05) is 23.2 Å². The van der Waals surface area contributed by atoms with Gasteiger partial charge in [-0.05, 0) is 42.8 Å². The van der Waals surface area contributed by atoms with E-state index >= 15 is 0 Å². The Morgan fingerprint density at radius 2 is 1.71 bits per heavy atom. The molecule has 8 heteroatoms. The van der Waals surface area contributed by atoms with Crippen molar-refractivity contribution >= 4 is 28.8 Å². The van der Waals surface area contributed by atoms with Crippen LogP contribution >= 0.6 is 11.6 Å². The van der Waals surface area contributed by atoms with E-state index in [1.165, 1.54) is 18.2 Å². The van der Waals surface area contributed by atoms with Crippen molar-refractivity contribution < 1.29 is 18.0 Å². The molecule has 2 aromatic heterocycles. The number of amides is 1. The van der Waals surface area contributed by atoms with Crippen LogP contribution < -0.4 is 5.32 Å². The first-order chi connectivity index (χ1) is 14.8. The number of benzene rings is 2. The molecular weight excluding hydrogens is 427 g/mol. The number of aromatic nitrogens is 2. The van der Waals surface area contributed by atoms with E-state index in [0.717, 1.165) is 17.3 Å². The molecule has 158 valence electrons. The van der Waals surface area contributed by atoms with E-state index in [0.29, 0.717) is 22.8 Å². The van der Waals surface area contributed by atoms with E-state index in [2.05, 4.69) is 10.3 Å². The largest absolute Gasteiger partial charge is 0.418 e. The third-order valence-corrected chi connectivity index (χ3v) is 5.09. The number of pyridine rings is 1. The molecule has 2 aromatic carbocycles. The molecule has 0 atom stereocenters. The number of hydrogen-bond acceptors (Lipinski definition) is 2. The SMILES string of the molecule is O=C(CCc1c(-c2ccc(Cl)cc2)nc2ccccn12)Nc1ccccc1C(F)(F)F. The molecule has 0 fully saturated rings. The van der Waals surface area contributed by atoms with Crippen LogP contribution in [0, 0.1) is 0 Å². The highest BCUT2D eigenvalue weighted by Gasteiger charge is 2.33. The first-order valence-corrected chi connectivity index (χ1v) is 9.89. The van der Waals surface area contributed by atoms with E-state index in [1.807, 2.05) is 40.9 Å². The standard InChI is InChI=1S/C23H17ClF3N3O/c24-16-10-8-15(9-11-16)22-19(30-14-4-3-7-20(30)29-22)12-13-21(31)28-18-6-2-1-5-17(18)23(25,26)27/h1-11,14H,12-13H2,(H,28,31). The van der Waals surface area contributed by atoms with E-state index in [-0.39, 0.29) is 12.1 Å². The molecular formula is C23H17ClF3N3O. The summed E-state index contributed by atoms with van der Waals surface area (Å²) in [6.07, 6.45) is -2.42. The number of imidazole rings is 1. The fourth-order valence-corrected chi connectivity index (χ4v) is 3.53. The minimum absolute atomic E-state index is 0.00450. The molecule has 1 N–H and O–H groups in total. The highest BCUT2D eigenvalue weighted by atomic mass is 35.5. The molecule has 0 aliphatic carbocycles. The van der Waals surface area contributed by atoms with Crippen LogP contribution in [0.1, 0.15) is 17.7 Å². The lowest BCUT2D eigenvalue weighted by Crippen LogP contribution is -2.17. The van der Waals surface area contributed by atoms with Crippen molar-refractivity contribution in [2.75, 3.05) is 5.32 Å². The number of para-hydroxylation sites is 1. The summed E-state index contributed by atoms with van der Waals surface area (Å²) in [6, 6.07) is 17.7. The summed E-state index contributed by atoms with van der Waals surface area (Å²) in [5, 5.41) is 2.98. The summed E-state index contributed by atoms with van der Waals surface area (Å²) >= 11 is 5.98. The zero-order valence-corrected chi connectivity index (χ0v) is 16.9. The first-order valence-electron chi connectivity index (χ1n) is 9.51.